The van der Waals surface area contributed by atoms with Crippen LogP contribution in [0.3, 0.4) is 0 Å². The van der Waals surface area contributed by atoms with Crippen molar-refractivity contribution in [2.45, 2.75) is 10.8 Å². The van der Waals surface area contributed by atoms with Crippen molar-refractivity contribution in [3.63, 3.8) is 0 Å². The van der Waals surface area contributed by atoms with E-state index in [1.165, 1.54) is 12.1 Å². The van der Waals surface area contributed by atoms with E-state index >= 15 is 0 Å². The fourth-order valence-corrected chi connectivity index (χ4v) is 2.83. The summed E-state index contributed by atoms with van der Waals surface area (Å²) in [6, 6.07) is 18.7. The molecular formula is C16H12N2O2S. The van der Waals surface area contributed by atoms with Crippen LogP contribution in [0.4, 0.5) is 5.69 Å². The van der Waals surface area contributed by atoms with Crippen molar-refractivity contribution in [2.24, 2.45) is 0 Å². The van der Waals surface area contributed by atoms with E-state index in [2.05, 4.69) is 11.1 Å². The Hall–Kier alpha value is -2.40. The molecule has 0 fully saturated rings. The van der Waals surface area contributed by atoms with Crippen LogP contribution in [0.5, 0.6) is 0 Å². The quantitative estimate of drug-likeness (QED) is 0.406. The number of hydrogen-bond donors (Lipinski definition) is 0. The summed E-state index contributed by atoms with van der Waals surface area (Å²) in [6.45, 7) is 0. The van der Waals surface area contributed by atoms with E-state index in [9.17, 15) is 10.1 Å². The number of para-hydroxylation sites is 1. The van der Waals surface area contributed by atoms with Gasteiger partial charge in [-0.05, 0) is 17.7 Å². The molecule has 0 radical (unpaired) electrons. The smallest absolute Gasteiger partial charge is 0.258 e. The maximum atomic E-state index is 10.6. The number of pyridine rings is 1. The summed E-state index contributed by atoms with van der Waals surface area (Å²) >= 11 is 1.62. The van der Waals surface area contributed by atoms with Crippen LogP contribution in [-0.2, 0) is 5.75 Å². The third-order valence-electron chi connectivity index (χ3n) is 3.11. The lowest BCUT2D eigenvalue weighted by Crippen LogP contribution is -1.88. The van der Waals surface area contributed by atoms with Gasteiger partial charge in [-0.2, -0.15) is 0 Å². The zero-order chi connectivity index (χ0) is 14.7. The van der Waals surface area contributed by atoms with Crippen LogP contribution in [0.15, 0.2) is 65.7 Å². The zero-order valence-electron chi connectivity index (χ0n) is 11.1. The fraction of sp³-hybridized carbons (Fsp3) is 0.0625. The summed E-state index contributed by atoms with van der Waals surface area (Å²) in [4.78, 5) is 14.8. The molecule has 0 atom stereocenters. The van der Waals surface area contributed by atoms with Gasteiger partial charge in [-0.15, -0.1) is 11.8 Å². The van der Waals surface area contributed by atoms with E-state index in [4.69, 9.17) is 0 Å². The molecule has 0 saturated carbocycles. The van der Waals surface area contributed by atoms with Gasteiger partial charge in [0.15, 0.2) is 0 Å². The summed E-state index contributed by atoms with van der Waals surface area (Å²) in [5.41, 5.74) is 2.14. The number of non-ortho nitro benzene ring substituents is 1. The zero-order valence-corrected chi connectivity index (χ0v) is 11.9. The van der Waals surface area contributed by atoms with Gasteiger partial charge in [0, 0.05) is 23.3 Å². The first kappa shape index (κ1) is 13.6. The second kappa shape index (κ2) is 5.93. The number of nitro benzene ring substituents is 1. The highest BCUT2D eigenvalue weighted by Gasteiger charge is 2.05. The highest BCUT2D eigenvalue weighted by molar-refractivity contribution is 7.98. The van der Waals surface area contributed by atoms with Crippen molar-refractivity contribution in [1.29, 1.82) is 0 Å². The summed E-state index contributed by atoms with van der Waals surface area (Å²) in [5, 5.41) is 12.7. The molecule has 0 unspecified atom stereocenters. The predicted octanol–water partition coefficient (Wildman–Crippen LogP) is 4.44. The number of nitro groups is 1. The number of rotatable bonds is 4. The van der Waals surface area contributed by atoms with Crippen LogP contribution >= 0.6 is 11.8 Å². The second-order valence-corrected chi connectivity index (χ2v) is 5.55. The average Bonchev–Trinajstić information content (AvgIpc) is 2.53. The molecule has 3 rings (SSSR count). The predicted molar refractivity (Wildman–Crippen MR) is 84.4 cm³/mol. The molecule has 21 heavy (non-hydrogen) atoms. The number of thioether (sulfide) groups is 1. The monoisotopic (exact) mass is 296 g/mol. The largest absolute Gasteiger partial charge is 0.269 e. The van der Waals surface area contributed by atoms with Gasteiger partial charge in [-0.1, -0.05) is 36.4 Å². The van der Waals surface area contributed by atoms with Crippen molar-refractivity contribution in [1.82, 2.24) is 4.98 Å². The maximum Gasteiger partial charge on any atom is 0.269 e. The Morgan fingerprint density at radius 3 is 2.52 bits per heavy atom. The van der Waals surface area contributed by atoms with Crippen LogP contribution < -0.4 is 0 Å². The van der Waals surface area contributed by atoms with Crippen LogP contribution in [0.25, 0.3) is 10.9 Å². The highest BCUT2D eigenvalue weighted by Crippen LogP contribution is 2.24. The van der Waals surface area contributed by atoms with Crippen molar-refractivity contribution >= 4 is 28.4 Å². The summed E-state index contributed by atoms with van der Waals surface area (Å²) < 4.78 is 0. The molecule has 1 aromatic heterocycles. The topological polar surface area (TPSA) is 56.0 Å². The van der Waals surface area contributed by atoms with Crippen molar-refractivity contribution in [3.8, 4) is 0 Å². The van der Waals surface area contributed by atoms with Crippen LogP contribution in [0, 0.1) is 10.1 Å². The molecule has 104 valence electrons. The lowest BCUT2D eigenvalue weighted by molar-refractivity contribution is -0.384. The molecule has 0 amide bonds. The minimum Gasteiger partial charge on any atom is -0.258 e. The van der Waals surface area contributed by atoms with Gasteiger partial charge in [0.2, 0.25) is 0 Å². The second-order valence-electron chi connectivity index (χ2n) is 4.55. The van der Waals surface area contributed by atoms with Gasteiger partial charge in [0.05, 0.1) is 15.5 Å². The van der Waals surface area contributed by atoms with Crippen molar-refractivity contribution < 1.29 is 4.92 Å². The lowest BCUT2D eigenvalue weighted by atomic mass is 10.2. The van der Waals surface area contributed by atoms with Gasteiger partial charge in [-0.25, -0.2) is 4.98 Å². The van der Waals surface area contributed by atoms with E-state index in [0.717, 1.165) is 27.2 Å². The van der Waals surface area contributed by atoms with E-state index < -0.39 is 0 Å². The van der Waals surface area contributed by atoms with Crippen molar-refractivity contribution in [2.75, 3.05) is 0 Å². The van der Waals surface area contributed by atoms with E-state index in [0.29, 0.717) is 0 Å². The lowest BCUT2D eigenvalue weighted by Gasteiger charge is -2.03. The van der Waals surface area contributed by atoms with Crippen LogP contribution in [0.1, 0.15) is 5.56 Å². The van der Waals surface area contributed by atoms with E-state index in [-0.39, 0.29) is 10.6 Å². The molecule has 0 saturated heterocycles. The summed E-state index contributed by atoms with van der Waals surface area (Å²) in [7, 11) is 0. The molecule has 0 aliphatic carbocycles. The highest BCUT2D eigenvalue weighted by atomic mass is 32.2. The third kappa shape index (κ3) is 3.20. The van der Waals surface area contributed by atoms with Gasteiger partial charge in [0.1, 0.15) is 0 Å². The standard InChI is InChI=1S/C16H12N2O2S/c19-18(20)14-8-5-12(6-9-14)11-21-16-10-7-13-3-1-2-4-15(13)17-16/h1-10H,11H2. The first-order valence-corrected chi connectivity index (χ1v) is 7.43. The van der Waals surface area contributed by atoms with Gasteiger partial charge in [-0.3, -0.25) is 10.1 Å². The average molecular weight is 296 g/mol. The van der Waals surface area contributed by atoms with Crippen LogP contribution in [-0.4, -0.2) is 9.91 Å². The van der Waals surface area contributed by atoms with Crippen LogP contribution in [0.2, 0.25) is 0 Å². The first-order valence-electron chi connectivity index (χ1n) is 6.44. The summed E-state index contributed by atoms with van der Waals surface area (Å²) in [5.74, 6) is 0.739. The van der Waals surface area contributed by atoms with Gasteiger partial charge >= 0.3 is 0 Å². The molecule has 5 heteroatoms. The molecule has 0 spiro atoms. The Balaban J connectivity index is 1.72. The Labute approximate surface area is 126 Å². The van der Waals surface area contributed by atoms with Crippen molar-refractivity contribution in [3.05, 3.63) is 76.3 Å². The number of benzene rings is 2. The molecule has 0 N–H and O–H groups in total. The molecule has 0 aliphatic rings. The molecule has 0 bridgehead atoms. The Morgan fingerprint density at radius 2 is 1.76 bits per heavy atom. The SMILES string of the molecule is O=[N+]([O-])c1ccc(CSc2ccc3ccccc3n2)cc1. The van der Waals surface area contributed by atoms with Gasteiger partial charge < -0.3 is 0 Å². The van der Waals surface area contributed by atoms with Gasteiger partial charge in [0.25, 0.3) is 5.69 Å². The number of hydrogen-bond acceptors (Lipinski definition) is 4. The first-order chi connectivity index (χ1) is 10.2. The number of nitrogens with zero attached hydrogens (tertiary/aromatic N) is 2. The van der Waals surface area contributed by atoms with E-state index in [1.54, 1.807) is 23.9 Å². The molecule has 1 heterocycles. The Morgan fingerprint density at radius 1 is 1.00 bits per heavy atom. The molecular weight excluding hydrogens is 284 g/mol. The fourth-order valence-electron chi connectivity index (χ4n) is 2.00. The number of aromatic nitrogens is 1. The minimum absolute atomic E-state index is 0.118. The Bertz CT molecular complexity index is 788. The number of fused-ring (bicyclic) bond motifs is 1. The molecule has 2 aromatic carbocycles. The minimum atomic E-state index is -0.387. The molecule has 3 aromatic rings. The third-order valence-corrected chi connectivity index (χ3v) is 4.11. The maximum absolute atomic E-state index is 10.6. The van der Waals surface area contributed by atoms with E-state index in [1.807, 2.05) is 30.3 Å². The normalized spacial score (nSPS) is 10.7. The molecule has 4 nitrogen and oxygen atoms in total. The summed E-state index contributed by atoms with van der Waals surface area (Å²) in [6.07, 6.45) is 0. The molecule has 0 aliphatic heterocycles. The Kier molecular flexibility index (Phi) is 3.83.